The van der Waals surface area contributed by atoms with Crippen LogP contribution in [-0.4, -0.2) is 54.8 Å². The largest absolute Gasteiger partial charge is 0.545 e. The fourth-order valence-corrected chi connectivity index (χ4v) is 1.05. The van der Waals surface area contributed by atoms with Gasteiger partial charge in [0.25, 0.3) is 5.69 Å². The molecule has 1 aromatic rings. The minimum atomic E-state index is -1.42. The van der Waals surface area contributed by atoms with Crippen LogP contribution < -0.4 is 5.11 Å². The molecule has 0 aromatic heterocycles. The molecule has 20 heavy (non-hydrogen) atoms. The Balaban J connectivity index is 0. The number of aromatic carboxylic acids is 1. The van der Waals surface area contributed by atoms with Crippen LogP contribution in [0.15, 0.2) is 24.3 Å². The van der Waals surface area contributed by atoms with Gasteiger partial charge in [0, 0.05) is 17.7 Å². The number of nitrogens with zero attached hydrogens (tertiary/aromatic N) is 2. The number of carbonyl (C=O) groups is 1. The van der Waals surface area contributed by atoms with Crippen LogP contribution in [0, 0.1) is 10.1 Å². The minimum Gasteiger partial charge on any atom is -0.545 e. The number of aliphatic hydroxyl groups is 1. The van der Waals surface area contributed by atoms with Gasteiger partial charge in [0.05, 0.1) is 38.6 Å². The SMILES string of the molecule is C[N+](C)(C)CCO.I.O=C([O-])c1cccc([N+](=O)[O-])c1. The lowest BCUT2D eigenvalue weighted by Crippen LogP contribution is -2.36. The van der Waals surface area contributed by atoms with Gasteiger partial charge in [-0.1, -0.05) is 12.1 Å². The molecule has 7 nitrogen and oxygen atoms in total. The number of nitro groups is 1. The second-order valence-electron chi connectivity index (χ2n) is 4.83. The molecule has 0 aliphatic heterocycles. The highest BCUT2D eigenvalue weighted by atomic mass is 127. The summed E-state index contributed by atoms with van der Waals surface area (Å²) in [6.45, 7) is 1.11. The first kappa shape index (κ1) is 21.0. The lowest BCUT2D eigenvalue weighted by molar-refractivity contribution is -0.870. The zero-order valence-electron chi connectivity index (χ0n) is 11.6. The third kappa shape index (κ3) is 9.64. The Kier molecular flexibility index (Phi) is 10.1. The molecule has 0 aliphatic carbocycles. The van der Waals surface area contributed by atoms with E-state index in [-0.39, 0.29) is 41.8 Å². The van der Waals surface area contributed by atoms with E-state index < -0.39 is 10.9 Å². The van der Waals surface area contributed by atoms with Gasteiger partial charge in [-0.15, -0.1) is 24.0 Å². The highest BCUT2D eigenvalue weighted by Gasteiger charge is 2.05. The van der Waals surface area contributed by atoms with Crippen molar-refractivity contribution in [3.63, 3.8) is 0 Å². The first-order valence-electron chi connectivity index (χ1n) is 5.54. The molecule has 0 spiro atoms. The number of likely N-dealkylation sites (N-methyl/N-ethyl adjacent to an activating group) is 1. The average molecular weight is 398 g/mol. The Morgan fingerprint density at radius 1 is 1.35 bits per heavy atom. The summed E-state index contributed by atoms with van der Waals surface area (Å²) in [4.78, 5) is 19.7. The van der Waals surface area contributed by atoms with E-state index in [0.29, 0.717) is 0 Å². The molecular weight excluding hydrogens is 379 g/mol. The number of aliphatic hydroxyl groups excluding tert-OH is 1. The van der Waals surface area contributed by atoms with Crippen molar-refractivity contribution in [1.29, 1.82) is 0 Å². The molecule has 0 aliphatic rings. The van der Waals surface area contributed by atoms with Gasteiger partial charge in [0.15, 0.2) is 0 Å². The summed E-state index contributed by atoms with van der Waals surface area (Å²) < 4.78 is 0.844. The van der Waals surface area contributed by atoms with Gasteiger partial charge in [0.1, 0.15) is 6.54 Å². The van der Waals surface area contributed by atoms with Gasteiger partial charge in [-0.2, -0.15) is 0 Å². The van der Waals surface area contributed by atoms with E-state index in [4.69, 9.17) is 5.11 Å². The van der Waals surface area contributed by atoms with Gasteiger partial charge in [-0.3, -0.25) is 10.1 Å². The van der Waals surface area contributed by atoms with E-state index in [9.17, 15) is 20.0 Å². The van der Waals surface area contributed by atoms with Gasteiger partial charge in [-0.05, 0) is 0 Å². The molecule has 0 heterocycles. The van der Waals surface area contributed by atoms with Crippen LogP contribution in [0.25, 0.3) is 0 Å². The molecule has 0 fully saturated rings. The normalized spacial score (nSPS) is 9.80. The maximum Gasteiger partial charge on any atom is 0.270 e. The van der Waals surface area contributed by atoms with Crippen molar-refractivity contribution in [1.82, 2.24) is 0 Å². The van der Waals surface area contributed by atoms with E-state index >= 15 is 0 Å². The third-order valence-electron chi connectivity index (χ3n) is 2.06. The highest BCUT2D eigenvalue weighted by molar-refractivity contribution is 14.0. The van der Waals surface area contributed by atoms with Gasteiger partial charge in [-0.25, -0.2) is 0 Å². The Bertz CT molecular complexity index is 416. The number of halogens is 1. The number of non-ortho nitro benzene ring substituents is 1. The third-order valence-corrected chi connectivity index (χ3v) is 2.06. The number of nitro benzene ring substituents is 1. The number of carboxylic acid groups (broad SMARTS) is 1. The molecule has 1 N–H and O–H groups in total. The summed E-state index contributed by atoms with van der Waals surface area (Å²) in [6.07, 6.45) is 0. The zero-order valence-corrected chi connectivity index (χ0v) is 13.9. The highest BCUT2D eigenvalue weighted by Crippen LogP contribution is 2.11. The van der Waals surface area contributed by atoms with Crippen molar-refractivity contribution < 1.29 is 24.4 Å². The summed E-state index contributed by atoms with van der Waals surface area (Å²) in [6, 6.07) is 4.70. The van der Waals surface area contributed by atoms with Gasteiger partial charge >= 0.3 is 0 Å². The molecule has 0 atom stereocenters. The van der Waals surface area contributed by atoms with Crippen molar-refractivity contribution >= 4 is 35.6 Å². The number of carboxylic acids is 1. The summed E-state index contributed by atoms with van der Waals surface area (Å²) in [7, 11) is 6.16. The Morgan fingerprint density at radius 2 is 1.90 bits per heavy atom. The first-order chi connectivity index (χ1) is 8.67. The molecular formula is C12H19IN2O5. The zero-order chi connectivity index (χ0) is 15.1. The van der Waals surface area contributed by atoms with Crippen LogP contribution in [-0.2, 0) is 0 Å². The molecule has 1 rings (SSSR count). The van der Waals surface area contributed by atoms with Crippen LogP contribution in [0.1, 0.15) is 10.4 Å². The molecule has 114 valence electrons. The second-order valence-corrected chi connectivity index (χ2v) is 4.83. The van der Waals surface area contributed by atoms with E-state index in [2.05, 4.69) is 21.1 Å². The molecule has 1 aromatic carbocycles. The number of hydrogen-bond acceptors (Lipinski definition) is 5. The molecule has 0 radical (unpaired) electrons. The van der Waals surface area contributed by atoms with Crippen LogP contribution in [0.3, 0.4) is 0 Å². The molecule has 8 heteroatoms. The lowest BCUT2D eigenvalue weighted by atomic mass is 10.2. The van der Waals surface area contributed by atoms with Crippen molar-refractivity contribution in [2.24, 2.45) is 0 Å². The van der Waals surface area contributed by atoms with E-state index in [1.165, 1.54) is 18.2 Å². The van der Waals surface area contributed by atoms with Gasteiger partial charge < -0.3 is 19.5 Å². The number of rotatable bonds is 4. The van der Waals surface area contributed by atoms with Crippen molar-refractivity contribution in [3.05, 3.63) is 39.9 Å². The molecule has 0 bridgehead atoms. The summed E-state index contributed by atoms with van der Waals surface area (Å²) in [5, 5.41) is 28.8. The van der Waals surface area contributed by atoms with E-state index in [0.717, 1.165) is 17.1 Å². The second kappa shape index (κ2) is 9.61. The first-order valence-corrected chi connectivity index (χ1v) is 5.54. The molecule has 0 amide bonds. The number of carbonyl (C=O) groups excluding carboxylic acids is 1. The van der Waals surface area contributed by atoms with Crippen LogP contribution >= 0.6 is 24.0 Å². The number of hydrogen-bond donors (Lipinski definition) is 1. The van der Waals surface area contributed by atoms with E-state index in [1.807, 2.05) is 0 Å². The number of benzene rings is 1. The fourth-order valence-electron chi connectivity index (χ4n) is 1.05. The lowest BCUT2D eigenvalue weighted by Gasteiger charge is -2.21. The van der Waals surface area contributed by atoms with Crippen LogP contribution in [0.2, 0.25) is 0 Å². The summed E-state index contributed by atoms with van der Waals surface area (Å²) in [5.74, 6) is -1.42. The molecule has 0 unspecified atom stereocenters. The molecule has 0 saturated carbocycles. The van der Waals surface area contributed by atoms with Crippen LogP contribution in [0.5, 0.6) is 0 Å². The molecule has 0 saturated heterocycles. The van der Waals surface area contributed by atoms with Crippen LogP contribution in [0.4, 0.5) is 5.69 Å². The number of quaternary nitrogens is 1. The van der Waals surface area contributed by atoms with Crippen molar-refractivity contribution in [2.45, 2.75) is 0 Å². The topological polar surface area (TPSA) is 104 Å². The van der Waals surface area contributed by atoms with Gasteiger partial charge in [0.2, 0.25) is 0 Å². The monoisotopic (exact) mass is 398 g/mol. The fraction of sp³-hybridized carbons (Fsp3) is 0.417. The average Bonchev–Trinajstić information content (AvgIpc) is 2.28. The minimum absolute atomic E-state index is 0. The Labute approximate surface area is 134 Å². The Hall–Kier alpha value is -1.26. The van der Waals surface area contributed by atoms with E-state index in [1.54, 1.807) is 0 Å². The summed E-state index contributed by atoms with van der Waals surface area (Å²) in [5.41, 5.74) is -0.444. The maximum absolute atomic E-state index is 10.2. The quantitative estimate of drug-likeness (QED) is 0.339. The predicted molar refractivity (Wildman–Crippen MR) is 82.8 cm³/mol. The predicted octanol–water partition coefficient (Wildman–Crippen LogP) is 0.261. The van der Waals surface area contributed by atoms with Crippen molar-refractivity contribution in [3.8, 4) is 0 Å². The van der Waals surface area contributed by atoms with Crippen molar-refractivity contribution in [2.75, 3.05) is 34.3 Å². The standard InChI is InChI=1S/C7H5NO4.C5H14NO.HI/c9-7(10)5-2-1-3-6(4-5)8(11)12;1-6(2,3)4-5-7;/h1-4H,(H,9,10);7H,4-5H2,1-3H3;1H/q;+1;/p-1. The smallest absolute Gasteiger partial charge is 0.270 e. The Morgan fingerprint density at radius 3 is 2.20 bits per heavy atom. The summed E-state index contributed by atoms with van der Waals surface area (Å²) >= 11 is 0. The maximum atomic E-state index is 10.2.